The first-order valence-electron chi connectivity index (χ1n) is 10.4. The monoisotopic (exact) mass is 449 g/mol. The van der Waals surface area contributed by atoms with Gasteiger partial charge >= 0.3 is 11.8 Å². The Bertz CT molecular complexity index is 1160. The third-order valence-corrected chi connectivity index (χ3v) is 5.38. The van der Waals surface area contributed by atoms with Crippen LogP contribution < -0.4 is 5.32 Å². The number of nitrogens with zero attached hydrogens (tertiary/aromatic N) is 2. The second-order valence-corrected chi connectivity index (χ2v) is 7.74. The molecule has 1 aliphatic rings. The molecule has 3 aromatic rings. The molecule has 0 bridgehead atoms. The molecule has 0 atom stereocenters. The van der Waals surface area contributed by atoms with E-state index < -0.39 is 11.8 Å². The highest BCUT2D eigenvalue weighted by Gasteiger charge is 2.32. The van der Waals surface area contributed by atoms with E-state index in [1.165, 1.54) is 46.2 Å². The minimum absolute atomic E-state index is 0.245. The molecule has 0 aromatic heterocycles. The van der Waals surface area contributed by atoms with Crippen LogP contribution in [0.15, 0.2) is 72.8 Å². The van der Waals surface area contributed by atoms with Crippen LogP contribution in [0.5, 0.6) is 0 Å². The highest BCUT2D eigenvalue weighted by Crippen LogP contribution is 2.16. The van der Waals surface area contributed by atoms with Crippen LogP contribution in [0.3, 0.4) is 0 Å². The van der Waals surface area contributed by atoms with Gasteiger partial charge in [-0.25, -0.2) is 8.78 Å². The Morgan fingerprint density at radius 1 is 0.697 bits per heavy atom. The molecular formula is C25H21F2N3O3. The quantitative estimate of drug-likeness (QED) is 0.585. The summed E-state index contributed by atoms with van der Waals surface area (Å²) >= 11 is 0. The predicted octanol–water partition coefficient (Wildman–Crippen LogP) is 3.59. The first-order valence-corrected chi connectivity index (χ1v) is 10.4. The van der Waals surface area contributed by atoms with Crippen molar-refractivity contribution in [2.75, 3.05) is 18.4 Å². The Balaban J connectivity index is 1.33. The zero-order valence-electron chi connectivity index (χ0n) is 17.6. The van der Waals surface area contributed by atoms with Crippen molar-refractivity contribution < 1.29 is 23.2 Å². The molecule has 1 aliphatic heterocycles. The molecule has 6 nitrogen and oxygen atoms in total. The molecule has 0 aliphatic carbocycles. The normalized spacial score (nSPS) is 13.9. The average molecular weight is 449 g/mol. The first-order chi connectivity index (χ1) is 15.9. The number of benzene rings is 3. The highest BCUT2D eigenvalue weighted by atomic mass is 19.1. The fraction of sp³-hybridized carbons (Fsp3) is 0.160. The molecule has 0 unspecified atom stereocenters. The lowest BCUT2D eigenvalue weighted by Gasteiger charge is -2.33. The van der Waals surface area contributed by atoms with Crippen molar-refractivity contribution in [1.29, 1.82) is 0 Å². The summed E-state index contributed by atoms with van der Waals surface area (Å²) < 4.78 is 26.1. The van der Waals surface area contributed by atoms with Gasteiger partial charge in [-0.2, -0.15) is 0 Å². The van der Waals surface area contributed by atoms with Gasteiger partial charge in [-0.05, 0) is 59.7 Å². The minimum Gasteiger partial charge on any atom is -0.328 e. The summed E-state index contributed by atoms with van der Waals surface area (Å²) in [7, 11) is 0. The van der Waals surface area contributed by atoms with Crippen molar-refractivity contribution in [2.45, 2.75) is 13.1 Å². The van der Waals surface area contributed by atoms with E-state index in [4.69, 9.17) is 0 Å². The van der Waals surface area contributed by atoms with Crippen LogP contribution in [0, 0.1) is 11.6 Å². The molecule has 3 amide bonds. The maximum atomic E-state index is 13.1. The fourth-order valence-corrected chi connectivity index (χ4v) is 3.55. The Kier molecular flexibility index (Phi) is 6.44. The highest BCUT2D eigenvalue weighted by molar-refractivity contribution is 6.35. The summed E-state index contributed by atoms with van der Waals surface area (Å²) in [5.74, 6) is -2.28. The topological polar surface area (TPSA) is 69.7 Å². The van der Waals surface area contributed by atoms with Crippen LogP contribution in [0.25, 0.3) is 0 Å². The Hall–Kier alpha value is -4.07. The summed E-state index contributed by atoms with van der Waals surface area (Å²) in [4.78, 5) is 40.4. The van der Waals surface area contributed by atoms with Crippen LogP contribution >= 0.6 is 0 Å². The first kappa shape index (κ1) is 22.1. The molecule has 1 fully saturated rings. The van der Waals surface area contributed by atoms with E-state index >= 15 is 0 Å². The maximum absolute atomic E-state index is 13.1. The number of anilines is 1. The van der Waals surface area contributed by atoms with Gasteiger partial charge in [-0.1, -0.05) is 24.3 Å². The fourth-order valence-electron chi connectivity index (χ4n) is 3.55. The van der Waals surface area contributed by atoms with E-state index in [1.807, 2.05) is 0 Å². The molecule has 1 heterocycles. The van der Waals surface area contributed by atoms with Gasteiger partial charge < -0.3 is 15.1 Å². The van der Waals surface area contributed by atoms with Crippen LogP contribution in [0.2, 0.25) is 0 Å². The number of nitrogens with one attached hydrogen (secondary N) is 1. The van der Waals surface area contributed by atoms with Crippen LogP contribution in [-0.4, -0.2) is 40.6 Å². The van der Waals surface area contributed by atoms with Gasteiger partial charge in [-0.3, -0.25) is 14.4 Å². The van der Waals surface area contributed by atoms with E-state index in [0.29, 0.717) is 24.3 Å². The molecule has 8 heteroatoms. The molecule has 0 saturated carbocycles. The number of amides is 3. The molecule has 33 heavy (non-hydrogen) atoms. The number of hydrogen-bond acceptors (Lipinski definition) is 3. The second-order valence-electron chi connectivity index (χ2n) is 7.74. The van der Waals surface area contributed by atoms with E-state index in [1.54, 1.807) is 36.4 Å². The van der Waals surface area contributed by atoms with Crippen LogP contribution in [0.1, 0.15) is 21.5 Å². The van der Waals surface area contributed by atoms with Gasteiger partial charge in [0.1, 0.15) is 11.6 Å². The summed E-state index contributed by atoms with van der Waals surface area (Å²) in [6.45, 7) is 1.24. The SMILES string of the molecule is O=C(Nc1ccc(F)cc1)c1ccc(CN2CCN(Cc3ccc(F)cc3)C(=O)C2=O)cc1. The lowest BCUT2D eigenvalue weighted by atomic mass is 10.1. The number of carbonyl (C=O) groups is 3. The van der Waals surface area contributed by atoms with Crippen molar-refractivity contribution in [3.8, 4) is 0 Å². The molecule has 1 saturated heterocycles. The van der Waals surface area contributed by atoms with Crippen molar-refractivity contribution >= 4 is 23.4 Å². The maximum Gasteiger partial charge on any atom is 0.312 e. The molecule has 4 rings (SSSR count). The summed E-state index contributed by atoms with van der Waals surface area (Å²) in [6.07, 6.45) is 0. The Morgan fingerprint density at radius 3 is 1.61 bits per heavy atom. The minimum atomic E-state index is -0.596. The van der Waals surface area contributed by atoms with Crippen molar-refractivity contribution in [3.63, 3.8) is 0 Å². The number of hydrogen-bond donors (Lipinski definition) is 1. The van der Waals surface area contributed by atoms with Gasteiger partial charge in [0.2, 0.25) is 0 Å². The zero-order valence-corrected chi connectivity index (χ0v) is 17.6. The molecule has 3 aromatic carbocycles. The van der Waals surface area contributed by atoms with Gasteiger partial charge in [0.05, 0.1) is 0 Å². The van der Waals surface area contributed by atoms with Gasteiger partial charge in [-0.15, -0.1) is 0 Å². The summed E-state index contributed by atoms with van der Waals surface area (Å²) in [5, 5.41) is 2.69. The number of rotatable bonds is 6. The summed E-state index contributed by atoms with van der Waals surface area (Å²) in [5.41, 5.74) is 2.42. The lowest BCUT2D eigenvalue weighted by Crippen LogP contribution is -2.53. The smallest absolute Gasteiger partial charge is 0.312 e. The number of halogens is 2. The van der Waals surface area contributed by atoms with Gasteiger partial charge in [0.15, 0.2) is 0 Å². The third kappa shape index (κ3) is 5.41. The Morgan fingerprint density at radius 2 is 1.12 bits per heavy atom. The molecule has 168 valence electrons. The molecular weight excluding hydrogens is 428 g/mol. The number of piperazine rings is 1. The van der Waals surface area contributed by atoms with Crippen LogP contribution in [-0.2, 0) is 22.7 Å². The zero-order chi connectivity index (χ0) is 23.4. The molecule has 1 N–H and O–H groups in total. The van der Waals surface area contributed by atoms with Gasteiger partial charge in [0, 0.05) is 37.4 Å². The summed E-state index contributed by atoms with van der Waals surface area (Å²) in [6, 6.07) is 18.0. The van der Waals surface area contributed by atoms with Crippen molar-refractivity contribution in [2.24, 2.45) is 0 Å². The van der Waals surface area contributed by atoms with Crippen molar-refractivity contribution in [3.05, 3.63) is 101 Å². The van der Waals surface area contributed by atoms with Gasteiger partial charge in [0.25, 0.3) is 5.91 Å². The predicted molar refractivity (Wildman–Crippen MR) is 118 cm³/mol. The second kappa shape index (κ2) is 9.60. The average Bonchev–Trinajstić information content (AvgIpc) is 2.82. The Labute approximate surface area is 189 Å². The largest absolute Gasteiger partial charge is 0.328 e. The molecule has 0 radical (unpaired) electrons. The van der Waals surface area contributed by atoms with E-state index in [0.717, 1.165) is 11.1 Å². The van der Waals surface area contributed by atoms with Crippen LogP contribution in [0.4, 0.5) is 14.5 Å². The third-order valence-electron chi connectivity index (χ3n) is 5.38. The van der Waals surface area contributed by atoms with E-state index in [2.05, 4.69) is 5.32 Å². The standard InChI is InChI=1S/C25H21F2N3O3/c26-20-7-3-18(4-8-20)16-30-14-13-29(24(32)25(30)33)15-17-1-5-19(6-2-17)23(31)28-22-11-9-21(27)10-12-22/h1-12H,13-16H2,(H,28,31). The number of carbonyl (C=O) groups excluding carboxylic acids is 3. The molecule has 0 spiro atoms. The lowest BCUT2D eigenvalue weighted by molar-refractivity contribution is -0.156. The van der Waals surface area contributed by atoms with Crippen molar-refractivity contribution in [1.82, 2.24) is 9.80 Å². The van der Waals surface area contributed by atoms with E-state index in [-0.39, 0.29) is 30.6 Å². The van der Waals surface area contributed by atoms with E-state index in [9.17, 15) is 23.2 Å².